The number of aryl methyl sites for hydroxylation is 1. The Morgan fingerprint density at radius 1 is 1.45 bits per heavy atom. The summed E-state index contributed by atoms with van der Waals surface area (Å²) in [4.78, 5) is 8.41. The number of hydrogen-bond acceptors (Lipinski definition) is 6. The van der Waals surface area contributed by atoms with Crippen molar-refractivity contribution < 1.29 is 21.9 Å². The van der Waals surface area contributed by atoms with Gasteiger partial charge in [0.15, 0.2) is 10.2 Å². The van der Waals surface area contributed by atoms with E-state index in [1.165, 1.54) is 6.20 Å². The standard InChI is InChI=1S/C10H8F3N3O2S2/c1-5-15-9(16-18-5)7-4-14-10(19-7)20(17)3-2-6(11)8(12)13/h4H,2-3H2,1H3. The molecule has 2 rings (SSSR count). The van der Waals surface area contributed by atoms with E-state index in [-0.39, 0.29) is 10.1 Å². The van der Waals surface area contributed by atoms with Gasteiger partial charge in [-0.15, -0.1) is 11.3 Å². The number of rotatable bonds is 5. The van der Waals surface area contributed by atoms with Gasteiger partial charge in [0, 0.05) is 19.1 Å². The van der Waals surface area contributed by atoms with E-state index in [4.69, 9.17) is 4.52 Å². The Balaban J connectivity index is 2.05. The van der Waals surface area contributed by atoms with Gasteiger partial charge in [0.1, 0.15) is 0 Å². The first kappa shape index (κ1) is 14.9. The van der Waals surface area contributed by atoms with Crippen molar-refractivity contribution in [3.8, 4) is 10.7 Å². The van der Waals surface area contributed by atoms with Crippen molar-refractivity contribution in [3.63, 3.8) is 0 Å². The third-order valence-electron chi connectivity index (χ3n) is 2.14. The molecule has 10 heteroatoms. The zero-order valence-electron chi connectivity index (χ0n) is 10.1. The van der Waals surface area contributed by atoms with Gasteiger partial charge in [-0.05, 0) is 0 Å². The van der Waals surface area contributed by atoms with E-state index >= 15 is 0 Å². The molecule has 0 aliphatic carbocycles. The summed E-state index contributed by atoms with van der Waals surface area (Å²) in [6.07, 6.45) is -1.57. The zero-order chi connectivity index (χ0) is 14.7. The number of hydrogen-bond donors (Lipinski definition) is 0. The summed E-state index contributed by atoms with van der Waals surface area (Å²) in [5, 5.41) is 3.67. The summed E-state index contributed by atoms with van der Waals surface area (Å²) in [6, 6.07) is 0. The fourth-order valence-electron chi connectivity index (χ4n) is 1.23. The largest absolute Gasteiger partial charge is 0.339 e. The fraction of sp³-hybridized carbons (Fsp3) is 0.300. The SMILES string of the molecule is Cc1nc(-c2cnc(S(=O)CCC(F)=C(F)F)s2)no1. The lowest BCUT2D eigenvalue weighted by Crippen LogP contribution is -1.98. The van der Waals surface area contributed by atoms with Crippen LogP contribution in [-0.2, 0) is 10.8 Å². The molecule has 0 aliphatic rings. The first-order valence-corrected chi connectivity index (χ1v) is 7.45. The van der Waals surface area contributed by atoms with Gasteiger partial charge in [0.2, 0.25) is 11.7 Å². The highest BCUT2D eigenvalue weighted by Crippen LogP contribution is 2.26. The van der Waals surface area contributed by atoms with Gasteiger partial charge in [-0.2, -0.15) is 13.8 Å². The summed E-state index contributed by atoms with van der Waals surface area (Å²) in [5.74, 6) is -1.13. The molecule has 2 aromatic heterocycles. The topological polar surface area (TPSA) is 68.9 Å². The summed E-state index contributed by atoms with van der Waals surface area (Å²) < 4.78 is 53.2. The predicted molar refractivity (Wildman–Crippen MR) is 66.4 cm³/mol. The summed E-state index contributed by atoms with van der Waals surface area (Å²) in [5.41, 5.74) is 0. The van der Waals surface area contributed by atoms with Gasteiger partial charge in [-0.25, -0.2) is 9.37 Å². The highest BCUT2D eigenvalue weighted by molar-refractivity contribution is 7.87. The lowest BCUT2D eigenvalue weighted by atomic mass is 10.4. The molecular weight excluding hydrogens is 315 g/mol. The van der Waals surface area contributed by atoms with E-state index in [1.54, 1.807) is 6.92 Å². The quantitative estimate of drug-likeness (QED) is 0.846. The molecule has 0 aromatic carbocycles. The lowest BCUT2D eigenvalue weighted by molar-refractivity contribution is 0.373. The Morgan fingerprint density at radius 2 is 2.20 bits per heavy atom. The van der Waals surface area contributed by atoms with Crippen LogP contribution < -0.4 is 0 Å². The maximum absolute atomic E-state index is 12.6. The van der Waals surface area contributed by atoms with Crippen LogP contribution in [0.4, 0.5) is 13.2 Å². The monoisotopic (exact) mass is 323 g/mol. The van der Waals surface area contributed by atoms with Gasteiger partial charge < -0.3 is 4.52 Å². The van der Waals surface area contributed by atoms with E-state index < -0.39 is 29.1 Å². The van der Waals surface area contributed by atoms with Gasteiger partial charge in [-0.1, -0.05) is 5.16 Å². The normalized spacial score (nSPS) is 12.4. The van der Waals surface area contributed by atoms with Crippen LogP contribution >= 0.6 is 11.3 Å². The molecule has 2 heterocycles. The van der Waals surface area contributed by atoms with E-state index in [1.807, 2.05) is 0 Å². The van der Waals surface area contributed by atoms with Crippen LogP contribution in [0, 0.1) is 6.92 Å². The second-order valence-electron chi connectivity index (χ2n) is 3.59. The molecule has 5 nitrogen and oxygen atoms in total. The molecule has 0 fully saturated rings. The molecule has 0 amide bonds. The number of halogens is 3. The second kappa shape index (κ2) is 6.27. The number of aromatic nitrogens is 3. The average molecular weight is 323 g/mol. The number of allylic oxidation sites excluding steroid dienone is 1. The molecule has 0 aliphatic heterocycles. The Bertz CT molecular complexity index is 664. The lowest BCUT2D eigenvalue weighted by Gasteiger charge is -1.95. The first-order chi connectivity index (χ1) is 9.47. The molecule has 0 N–H and O–H groups in total. The molecule has 20 heavy (non-hydrogen) atoms. The maximum atomic E-state index is 12.6. The summed E-state index contributed by atoms with van der Waals surface area (Å²) in [6.45, 7) is 1.62. The average Bonchev–Trinajstić information content (AvgIpc) is 3.03. The minimum Gasteiger partial charge on any atom is -0.339 e. The predicted octanol–water partition coefficient (Wildman–Crippen LogP) is 3.08. The third kappa shape index (κ3) is 3.51. The maximum Gasteiger partial charge on any atom is 0.301 e. The van der Waals surface area contributed by atoms with Crippen LogP contribution in [0.1, 0.15) is 12.3 Å². The van der Waals surface area contributed by atoms with Crippen molar-refractivity contribution in [2.24, 2.45) is 0 Å². The van der Waals surface area contributed by atoms with E-state index in [2.05, 4.69) is 15.1 Å². The van der Waals surface area contributed by atoms with Crippen LogP contribution in [0.25, 0.3) is 10.7 Å². The summed E-state index contributed by atoms with van der Waals surface area (Å²) in [7, 11) is -1.65. The Morgan fingerprint density at radius 3 is 2.80 bits per heavy atom. The second-order valence-corrected chi connectivity index (χ2v) is 6.37. The van der Waals surface area contributed by atoms with Crippen LogP contribution in [-0.4, -0.2) is 25.1 Å². The van der Waals surface area contributed by atoms with Gasteiger partial charge in [-0.3, -0.25) is 4.21 Å². The fourth-order valence-corrected chi connectivity index (χ4v) is 3.40. The summed E-state index contributed by atoms with van der Waals surface area (Å²) >= 11 is 1.05. The van der Waals surface area contributed by atoms with Crippen molar-refractivity contribution in [2.75, 3.05) is 5.75 Å². The van der Waals surface area contributed by atoms with Crippen LogP contribution in [0.15, 0.2) is 27.0 Å². The van der Waals surface area contributed by atoms with E-state index in [9.17, 15) is 17.4 Å². The van der Waals surface area contributed by atoms with Crippen molar-refractivity contribution in [3.05, 3.63) is 24.0 Å². The molecule has 1 unspecified atom stereocenters. The number of nitrogens with zero attached hydrogens (tertiary/aromatic N) is 3. The highest BCUT2D eigenvalue weighted by atomic mass is 32.2. The molecule has 0 spiro atoms. The minimum absolute atomic E-state index is 0.203. The molecular formula is C10H8F3N3O2S2. The smallest absolute Gasteiger partial charge is 0.301 e. The molecule has 0 saturated heterocycles. The Kier molecular flexibility index (Phi) is 4.65. The van der Waals surface area contributed by atoms with Crippen LogP contribution in [0.5, 0.6) is 0 Å². The van der Waals surface area contributed by atoms with Crippen molar-refractivity contribution in [1.82, 2.24) is 15.1 Å². The minimum atomic E-state index is -2.39. The van der Waals surface area contributed by atoms with Crippen molar-refractivity contribution in [1.29, 1.82) is 0 Å². The molecule has 108 valence electrons. The van der Waals surface area contributed by atoms with E-state index in [0.29, 0.717) is 16.6 Å². The van der Waals surface area contributed by atoms with Crippen molar-refractivity contribution >= 4 is 22.1 Å². The van der Waals surface area contributed by atoms with Gasteiger partial charge in [0.05, 0.1) is 21.9 Å². The molecule has 1 atom stereocenters. The Hall–Kier alpha value is -1.55. The third-order valence-corrected chi connectivity index (χ3v) is 4.80. The van der Waals surface area contributed by atoms with E-state index in [0.717, 1.165) is 11.3 Å². The molecule has 0 saturated carbocycles. The molecule has 0 radical (unpaired) electrons. The highest BCUT2D eigenvalue weighted by Gasteiger charge is 2.15. The molecule has 0 bridgehead atoms. The van der Waals surface area contributed by atoms with Gasteiger partial charge in [0.25, 0.3) is 0 Å². The van der Waals surface area contributed by atoms with Crippen LogP contribution in [0.2, 0.25) is 0 Å². The first-order valence-electron chi connectivity index (χ1n) is 5.32. The van der Waals surface area contributed by atoms with Crippen molar-refractivity contribution in [2.45, 2.75) is 17.7 Å². The van der Waals surface area contributed by atoms with Gasteiger partial charge >= 0.3 is 6.08 Å². The number of thiazole rings is 1. The zero-order valence-corrected chi connectivity index (χ0v) is 11.7. The molecule has 2 aromatic rings. The van der Waals surface area contributed by atoms with Crippen LogP contribution in [0.3, 0.4) is 0 Å². The Labute approximate surface area is 118 Å².